The maximum absolute atomic E-state index is 12.8. The maximum Gasteiger partial charge on any atom is 0.274 e. The first-order valence-corrected chi connectivity index (χ1v) is 9.71. The predicted octanol–water partition coefficient (Wildman–Crippen LogP) is 2.71. The molecule has 1 aliphatic heterocycles. The van der Waals surface area contributed by atoms with Gasteiger partial charge in [0.1, 0.15) is 17.3 Å². The molecule has 0 saturated carbocycles. The van der Waals surface area contributed by atoms with E-state index in [1.807, 2.05) is 20.8 Å². The Labute approximate surface area is 166 Å². The number of rotatable bonds is 6. The van der Waals surface area contributed by atoms with E-state index in [0.717, 1.165) is 56.2 Å². The zero-order valence-corrected chi connectivity index (χ0v) is 17.1. The Morgan fingerprint density at radius 2 is 1.75 bits per heavy atom. The van der Waals surface area contributed by atoms with Crippen LogP contribution in [-0.4, -0.2) is 60.2 Å². The first-order valence-electron chi connectivity index (χ1n) is 9.71. The molecule has 7 nitrogen and oxygen atoms in total. The number of carbonyl (C=O) groups excluding carboxylic acids is 1. The number of nitrogens with one attached hydrogen (secondary N) is 2. The van der Waals surface area contributed by atoms with Crippen molar-refractivity contribution in [3.63, 3.8) is 0 Å². The lowest BCUT2D eigenvalue weighted by Gasteiger charge is -2.26. The number of ether oxygens (including phenoxy) is 1. The van der Waals surface area contributed by atoms with Gasteiger partial charge in [0.05, 0.1) is 13.2 Å². The lowest BCUT2D eigenvalue weighted by Crippen LogP contribution is -2.39. The normalized spacial score (nSPS) is 14.7. The minimum Gasteiger partial charge on any atom is -0.379 e. The number of aryl methyl sites for hydroxylation is 4. The smallest absolute Gasteiger partial charge is 0.274 e. The van der Waals surface area contributed by atoms with Crippen molar-refractivity contribution in [3.05, 3.63) is 46.4 Å². The molecule has 0 aliphatic carbocycles. The average molecular weight is 383 g/mol. The van der Waals surface area contributed by atoms with Gasteiger partial charge in [0.2, 0.25) is 0 Å². The van der Waals surface area contributed by atoms with E-state index in [2.05, 4.69) is 37.6 Å². The van der Waals surface area contributed by atoms with Crippen molar-refractivity contribution in [2.45, 2.75) is 27.7 Å². The van der Waals surface area contributed by atoms with Crippen LogP contribution in [0.5, 0.6) is 0 Å². The molecule has 28 heavy (non-hydrogen) atoms. The summed E-state index contributed by atoms with van der Waals surface area (Å²) >= 11 is 0. The van der Waals surface area contributed by atoms with Gasteiger partial charge < -0.3 is 15.4 Å². The van der Waals surface area contributed by atoms with Crippen LogP contribution in [0, 0.1) is 27.7 Å². The monoisotopic (exact) mass is 383 g/mol. The van der Waals surface area contributed by atoms with Gasteiger partial charge in [0.25, 0.3) is 5.91 Å². The van der Waals surface area contributed by atoms with E-state index in [4.69, 9.17) is 4.74 Å². The second kappa shape index (κ2) is 9.12. The number of amides is 1. The SMILES string of the molecule is Cc1cc(C)c(NC(=O)c2cc(NCCN3CCOCC3)nc(C)n2)c(C)c1. The highest BCUT2D eigenvalue weighted by molar-refractivity contribution is 6.04. The van der Waals surface area contributed by atoms with E-state index < -0.39 is 0 Å². The van der Waals surface area contributed by atoms with E-state index in [9.17, 15) is 4.79 Å². The Bertz CT molecular complexity index is 824. The number of hydrogen-bond acceptors (Lipinski definition) is 6. The van der Waals surface area contributed by atoms with Crippen molar-refractivity contribution >= 4 is 17.4 Å². The molecule has 0 bridgehead atoms. The Morgan fingerprint density at radius 1 is 1.07 bits per heavy atom. The maximum atomic E-state index is 12.8. The highest BCUT2D eigenvalue weighted by Gasteiger charge is 2.14. The number of anilines is 2. The van der Waals surface area contributed by atoms with Crippen LogP contribution in [0.1, 0.15) is 33.0 Å². The van der Waals surface area contributed by atoms with Gasteiger partial charge in [-0.2, -0.15) is 0 Å². The Balaban J connectivity index is 1.66. The van der Waals surface area contributed by atoms with Crippen molar-refractivity contribution in [2.24, 2.45) is 0 Å². The molecule has 0 spiro atoms. The van der Waals surface area contributed by atoms with Crippen LogP contribution < -0.4 is 10.6 Å². The summed E-state index contributed by atoms with van der Waals surface area (Å²) in [7, 11) is 0. The molecule has 3 rings (SSSR count). The largest absolute Gasteiger partial charge is 0.379 e. The fraction of sp³-hybridized carbons (Fsp3) is 0.476. The van der Waals surface area contributed by atoms with Gasteiger partial charge in [-0.3, -0.25) is 9.69 Å². The van der Waals surface area contributed by atoms with Gasteiger partial charge in [0, 0.05) is 37.9 Å². The van der Waals surface area contributed by atoms with Crippen LogP contribution >= 0.6 is 0 Å². The topological polar surface area (TPSA) is 79.4 Å². The van der Waals surface area contributed by atoms with Crippen LogP contribution in [-0.2, 0) is 4.74 Å². The Hall–Kier alpha value is -2.51. The third kappa shape index (κ3) is 5.27. The van der Waals surface area contributed by atoms with Gasteiger partial charge in [-0.05, 0) is 38.8 Å². The molecular weight excluding hydrogens is 354 g/mol. The highest BCUT2D eigenvalue weighted by atomic mass is 16.5. The number of morpholine rings is 1. The lowest BCUT2D eigenvalue weighted by atomic mass is 10.0. The van der Waals surface area contributed by atoms with Crippen LogP contribution in [0.25, 0.3) is 0 Å². The number of hydrogen-bond donors (Lipinski definition) is 2. The third-order valence-corrected chi connectivity index (χ3v) is 4.82. The summed E-state index contributed by atoms with van der Waals surface area (Å²) < 4.78 is 5.37. The van der Waals surface area contributed by atoms with E-state index in [1.54, 1.807) is 13.0 Å². The zero-order chi connectivity index (χ0) is 20.1. The molecule has 150 valence electrons. The molecule has 1 aliphatic rings. The van der Waals surface area contributed by atoms with Crippen molar-refractivity contribution in [1.29, 1.82) is 0 Å². The van der Waals surface area contributed by atoms with Crippen LogP contribution in [0.15, 0.2) is 18.2 Å². The second-order valence-corrected chi connectivity index (χ2v) is 7.29. The van der Waals surface area contributed by atoms with Gasteiger partial charge in [-0.25, -0.2) is 9.97 Å². The van der Waals surface area contributed by atoms with Gasteiger partial charge in [-0.15, -0.1) is 0 Å². The molecular formula is C21H29N5O2. The first-order chi connectivity index (χ1) is 13.4. The molecule has 1 aromatic carbocycles. The molecule has 0 unspecified atom stereocenters. The molecule has 7 heteroatoms. The van der Waals surface area contributed by atoms with Crippen LogP contribution in [0.4, 0.5) is 11.5 Å². The molecule has 1 fully saturated rings. The second-order valence-electron chi connectivity index (χ2n) is 7.29. The molecule has 2 heterocycles. The van der Waals surface area contributed by atoms with E-state index >= 15 is 0 Å². The number of carbonyl (C=O) groups is 1. The zero-order valence-electron chi connectivity index (χ0n) is 17.1. The van der Waals surface area contributed by atoms with Crippen molar-refractivity contribution in [1.82, 2.24) is 14.9 Å². The van der Waals surface area contributed by atoms with E-state index in [0.29, 0.717) is 17.3 Å². The minimum atomic E-state index is -0.225. The van der Waals surface area contributed by atoms with Crippen molar-refractivity contribution in [3.8, 4) is 0 Å². The van der Waals surface area contributed by atoms with Gasteiger partial charge in [0.15, 0.2) is 0 Å². The number of nitrogens with zero attached hydrogens (tertiary/aromatic N) is 3. The fourth-order valence-electron chi connectivity index (χ4n) is 3.50. The standard InChI is InChI=1S/C21H29N5O2/c1-14-11-15(2)20(16(3)12-14)25-21(27)18-13-19(24-17(4)23-18)22-5-6-26-7-9-28-10-8-26/h11-13H,5-10H2,1-4H3,(H,25,27)(H,22,23,24). The third-order valence-electron chi connectivity index (χ3n) is 4.82. The quantitative estimate of drug-likeness (QED) is 0.798. The highest BCUT2D eigenvalue weighted by Crippen LogP contribution is 2.22. The fourth-order valence-corrected chi connectivity index (χ4v) is 3.50. The Kier molecular flexibility index (Phi) is 6.59. The minimum absolute atomic E-state index is 0.225. The summed E-state index contributed by atoms with van der Waals surface area (Å²) in [5.41, 5.74) is 4.47. The summed E-state index contributed by atoms with van der Waals surface area (Å²) in [5.74, 6) is 1.01. The van der Waals surface area contributed by atoms with Crippen LogP contribution in [0.3, 0.4) is 0 Å². The van der Waals surface area contributed by atoms with Gasteiger partial charge >= 0.3 is 0 Å². The summed E-state index contributed by atoms with van der Waals surface area (Å²) in [5, 5.41) is 6.31. The van der Waals surface area contributed by atoms with E-state index in [-0.39, 0.29) is 5.91 Å². The summed E-state index contributed by atoms with van der Waals surface area (Å²) in [6, 6.07) is 5.83. The summed E-state index contributed by atoms with van der Waals surface area (Å²) in [6.45, 7) is 13.0. The lowest BCUT2D eigenvalue weighted by molar-refractivity contribution is 0.0398. The average Bonchev–Trinajstić information content (AvgIpc) is 2.65. The predicted molar refractivity (Wildman–Crippen MR) is 111 cm³/mol. The molecule has 1 aromatic heterocycles. The van der Waals surface area contributed by atoms with Crippen molar-refractivity contribution in [2.75, 3.05) is 50.0 Å². The first kappa shape index (κ1) is 20.2. The number of benzene rings is 1. The molecule has 1 saturated heterocycles. The molecule has 0 radical (unpaired) electrons. The Morgan fingerprint density at radius 3 is 2.43 bits per heavy atom. The van der Waals surface area contributed by atoms with E-state index in [1.165, 1.54) is 5.56 Å². The van der Waals surface area contributed by atoms with Crippen molar-refractivity contribution < 1.29 is 9.53 Å². The molecule has 2 N–H and O–H groups in total. The molecule has 1 amide bonds. The number of aromatic nitrogens is 2. The molecule has 0 atom stereocenters. The van der Waals surface area contributed by atoms with Gasteiger partial charge in [-0.1, -0.05) is 17.7 Å². The molecule has 2 aromatic rings. The summed E-state index contributed by atoms with van der Waals surface area (Å²) in [4.78, 5) is 23.8. The van der Waals surface area contributed by atoms with Crippen LogP contribution in [0.2, 0.25) is 0 Å². The summed E-state index contributed by atoms with van der Waals surface area (Å²) in [6.07, 6.45) is 0.